The van der Waals surface area contributed by atoms with Crippen LogP contribution in [0.4, 0.5) is 0 Å². The average Bonchev–Trinajstić information content (AvgIpc) is 3.37. The molecular formula is C22H30N4O. The fourth-order valence-electron chi connectivity index (χ4n) is 5.72. The van der Waals surface area contributed by atoms with Crippen molar-refractivity contribution < 1.29 is 4.79 Å². The number of likely N-dealkylation sites (tertiary alicyclic amines) is 1. The van der Waals surface area contributed by atoms with Crippen LogP contribution < -0.4 is 5.32 Å². The number of nitrogens with one attached hydrogen (secondary N) is 1. The number of para-hydroxylation sites is 2. The number of aromatic nitrogens is 2. The van der Waals surface area contributed by atoms with Gasteiger partial charge in [0.25, 0.3) is 0 Å². The average molecular weight is 367 g/mol. The fourth-order valence-corrected chi connectivity index (χ4v) is 5.72. The van der Waals surface area contributed by atoms with Crippen LogP contribution in [0.2, 0.25) is 0 Å². The third-order valence-corrected chi connectivity index (χ3v) is 6.91. The van der Waals surface area contributed by atoms with Gasteiger partial charge in [0, 0.05) is 31.6 Å². The molecule has 0 saturated carbocycles. The van der Waals surface area contributed by atoms with E-state index in [9.17, 15) is 4.79 Å². The summed E-state index contributed by atoms with van der Waals surface area (Å²) in [7, 11) is 0. The summed E-state index contributed by atoms with van der Waals surface area (Å²) >= 11 is 0. The molecule has 5 rings (SSSR count). The molecule has 1 amide bonds. The Morgan fingerprint density at radius 3 is 2.74 bits per heavy atom. The molecule has 3 aliphatic rings. The molecule has 1 aromatic carbocycles. The van der Waals surface area contributed by atoms with Crippen molar-refractivity contribution in [3.05, 3.63) is 30.1 Å². The number of carbonyl (C=O) groups excluding carboxylic acids is 1. The molecule has 3 unspecified atom stereocenters. The first-order valence-corrected chi connectivity index (χ1v) is 10.7. The summed E-state index contributed by atoms with van der Waals surface area (Å²) in [5, 5.41) is 3.69. The molecule has 1 N–H and O–H groups in total. The fraction of sp³-hybridized carbons (Fsp3) is 0.636. The molecule has 144 valence electrons. The van der Waals surface area contributed by atoms with E-state index in [-0.39, 0.29) is 6.04 Å². The van der Waals surface area contributed by atoms with Crippen LogP contribution in [0.3, 0.4) is 0 Å². The van der Waals surface area contributed by atoms with Crippen molar-refractivity contribution in [3.8, 4) is 0 Å². The van der Waals surface area contributed by atoms with E-state index >= 15 is 0 Å². The monoisotopic (exact) mass is 366 g/mol. The van der Waals surface area contributed by atoms with Crippen molar-refractivity contribution in [2.24, 2.45) is 5.92 Å². The number of piperidine rings is 1. The Morgan fingerprint density at radius 2 is 1.96 bits per heavy atom. The SMILES string of the molecule is CCn1c(C2CCCN2C(=O)CC2CC3CCC(C2)N3)nc2ccccc21. The van der Waals surface area contributed by atoms with Gasteiger partial charge in [0.15, 0.2) is 0 Å². The first-order valence-electron chi connectivity index (χ1n) is 10.7. The summed E-state index contributed by atoms with van der Waals surface area (Å²) in [6, 6.07) is 9.78. The quantitative estimate of drug-likeness (QED) is 0.899. The van der Waals surface area contributed by atoms with E-state index < -0.39 is 0 Å². The highest BCUT2D eigenvalue weighted by molar-refractivity contribution is 5.78. The van der Waals surface area contributed by atoms with Crippen LogP contribution in [0.25, 0.3) is 11.0 Å². The molecule has 0 aliphatic carbocycles. The molecule has 3 aliphatic heterocycles. The number of benzene rings is 1. The number of nitrogens with zero attached hydrogens (tertiary/aromatic N) is 3. The van der Waals surface area contributed by atoms with Crippen molar-refractivity contribution >= 4 is 16.9 Å². The summed E-state index contributed by atoms with van der Waals surface area (Å²) in [4.78, 5) is 20.3. The van der Waals surface area contributed by atoms with Gasteiger partial charge >= 0.3 is 0 Å². The van der Waals surface area contributed by atoms with E-state index in [4.69, 9.17) is 4.98 Å². The summed E-state index contributed by atoms with van der Waals surface area (Å²) in [6.07, 6.45) is 7.78. The largest absolute Gasteiger partial charge is 0.332 e. The van der Waals surface area contributed by atoms with Gasteiger partial charge in [-0.05, 0) is 63.5 Å². The number of amides is 1. The van der Waals surface area contributed by atoms with Gasteiger partial charge in [-0.1, -0.05) is 12.1 Å². The number of imidazole rings is 1. The number of fused-ring (bicyclic) bond motifs is 3. The zero-order chi connectivity index (χ0) is 18.4. The smallest absolute Gasteiger partial charge is 0.223 e. The van der Waals surface area contributed by atoms with Crippen LogP contribution in [0.5, 0.6) is 0 Å². The minimum Gasteiger partial charge on any atom is -0.332 e. The van der Waals surface area contributed by atoms with Crippen molar-refractivity contribution in [3.63, 3.8) is 0 Å². The van der Waals surface area contributed by atoms with E-state index in [0.29, 0.717) is 23.9 Å². The topological polar surface area (TPSA) is 50.2 Å². The van der Waals surface area contributed by atoms with Gasteiger partial charge < -0.3 is 14.8 Å². The molecule has 5 heteroatoms. The summed E-state index contributed by atoms with van der Waals surface area (Å²) < 4.78 is 2.30. The molecule has 2 aromatic rings. The molecule has 27 heavy (non-hydrogen) atoms. The van der Waals surface area contributed by atoms with E-state index in [1.807, 2.05) is 6.07 Å². The molecule has 0 radical (unpaired) electrons. The van der Waals surface area contributed by atoms with Gasteiger partial charge in [-0.15, -0.1) is 0 Å². The Morgan fingerprint density at radius 1 is 1.19 bits per heavy atom. The number of aryl methyl sites for hydroxylation is 1. The Bertz CT molecular complexity index is 832. The Kier molecular flexibility index (Phi) is 4.43. The lowest BCUT2D eigenvalue weighted by Gasteiger charge is -2.31. The van der Waals surface area contributed by atoms with Gasteiger partial charge in [0.1, 0.15) is 5.82 Å². The number of rotatable bonds is 4. The lowest BCUT2D eigenvalue weighted by molar-refractivity contribution is -0.133. The Balaban J connectivity index is 1.36. The number of carbonyl (C=O) groups is 1. The molecule has 3 fully saturated rings. The van der Waals surface area contributed by atoms with Crippen LogP contribution in [-0.4, -0.2) is 39.0 Å². The second-order valence-corrected chi connectivity index (χ2v) is 8.63. The lowest BCUT2D eigenvalue weighted by Crippen LogP contribution is -2.40. The lowest BCUT2D eigenvalue weighted by atomic mass is 9.89. The molecule has 1 aromatic heterocycles. The summed E-state index contributed by atoms with van der Waals surface area (Å²) in [5.74, 6) is 1.98. The van der Waals surface area contributed by atoms with Crippen LogP contribution in [-0.2, 0) is 11.3 Å². The number of hydrogen-bond donors (Lipinski definition) is 1. The highest BCUT2D eigenvalue weighted by Gasteiger charge is 2.38. The van der Waals surface area contributed by atoms with Crippen molar-refractivity contribution in [2.45, 2.75) is 76.5 Å². The van der Waals surface area contributed by atoms with E-state index in [1.54, 1.807) is 0 Å². The molecule has 3 saturated heterocycles. The zero-order valence-corrected chi connectivity index (χ0v) is 16.2. The molecule has 0 spiro atoms. The third kappa shape index (κ3) is 3.06. The minimum atomic E-state index is 0.142. The van der Waals surface area contributed by atoms with Crippen molar-refractivity contribution in [2.75, 3.05) is 6.54 Å². The normalized spacial score (nSPS) is 30.3. The van der Waals surface area contributed by atoms with Crippen molar-refractivity contribution in [1.82, 2.24) is 19.8 Å². The van der Waals surface area contributed by atoms with Gasteiger partial charge in [0.05, 0.1) is 17.1 Å². The Labute approximate surface area is 161 Å². The maximum Gasteiger partial charge on any atom is 0.223 e. The second kappa shape index (κ2) is 6.93. The first kappa shape index (κ1) is 17.2. The molecule has 2 bridgehead atoms. The van der Waals surface area contributed by atoms with Crippen LogP contribution >= 0.6 is 0 Å². The van der Waals surface area contributed by atoms with E-state index in [1.165, 1.54) is 31.2 Å². The predicted octanol–water partition coefficient (Wildman–Crippen LogP) is 3.64. The predicted molar refractivity (Wildman–Crippen MR) is 106 cm³/mol. The Hall–Kier alpha value is -1.88. The van der Waals surface area contributed by atoms with Crippen LogP contribution in [0.1, 0.15) is 63.7 Å². The summed E-state index contributed by atoms with van der Waals surface area (Å²) in [6.45, 7) is 3.95. The first-order chi connectivity index (χ1) is 13.2. The van der Waals surface area contributed by atoms with Crippen LogP contribution in [0.15, 0.2) is 24.3 Å². The van der Waals surface area contributed by atoms with Crippen molar-refractivity contribution in [1.29, 1.82) is 0 Å². The molecule has 3 atom stereocenters. The van der Waals surface area contributed by atoms with Crippen LogP contribution in [0, 0.1) is 5.92 Å². The minimum absolute atomic E-state index is 0.142. The molecular weight excluding hydrogens is 336 g/mol. The van der Waals surface area contributed by atoms with E-state index in [2.05, 4.69) is 39.9 Å². The van der Waals surface area contributed by atoms with Gasteiger partial charge in [-0.3, -0.25) is 4.79 Å². The highest BCUT2D eigenvalue weighted by atomic mass is 16.2. The van der Waals surface area contributed by atoms with Gasteiger partial charge in [0.2, 0.25) is 5.91 Å². The summed E-state index contributed by atoms with van der Waals surface area (Å²) in [5.41, 5.74) is 2.23. The van der Waals surface area contributed by atoms with E-state index in [0.717, 1.165) is 43.7 Å². The third-order valence-electron chi connectivity index (χ3n) is 6.91. The molecule has 4 heterocycles. The van der Waals surface area contributed by atoms with Gasteiger partial charge in [-0.2, -0.15) is 0 Å². The number of hydrogen-bond acceptors (Lipinski definition) is 3. The highest BCUT2D eigenvalue weighted by Crippen LogP contribution is 2.37. The zero-order valence-electron chi connectivity index (χ0n) is 16.2. The van der Waals surface area contributed by atoms with Gasteiger partial charge in [-0.25, -0.2) is 4.98 Å². The molecule has 5 nitrogen and oxygen atoms in total. The second-order valence-electron chi connectivity index (χ2n) is 8.63. The maximum atomic E-state index is 13.2. The standard InChI is InChI=1S/C22H30N4O/c1-2-25-19-7-4-3-6-18(19)24-22(25)20-8-5-11-26(20)21(27)14-15-12-16-9-10-17(13-15)23-16/h3-4,6-7,15-17,20,23H,2,5,8-14H2,1H3. The maximum absolute atomic E-state index is 13.2.